The number of halogens is 1. The molecular formula is C31H34FN3O4. The molecule has 0 unspecified atom stereocenters. The number of amides is 3. The van der Waals surface area contributed by atoms with Crippen LogP contribution in [0, 0.1) is 31.5 Å². The van der Waals surface area contributed by atoms with Gasteiger partial charge in [-0.2, -0.15) is 0 Å². The zero-order valence-corrected chi connectivity index (χ0v) is 22.3. The number of rotatable bonds is 6. The predicted molar refractivity (Wildman–Crippen MR) is 144 cm³/mol. The standard InChI is InChI=1S/C31H34FN3O4/c1-18-14-19(2)16-22(15-18)34-28(36)25-24-12-13-31(39-24)26(25)30(38)35(17-20-8-6-7-11-23(20)32)27(31)29(37)33-21-9-4-3-5-10-21/h6-8,11-16,21,24-27H,3-5,9-10,17H2,1-2H3,(H,33,37)(H,34,36)/t24-,25+,26-,27-,31-/m0/s1. The number of carbonyl (C=O) groups excluding carboxylic acids is 3. The Balaban J connectivity index is 1.34. The van der Waals surface area contributed by atoms with Crippen molar-refractivity contribution in [3.8, 4) is 0 Å². The number of ether oxygens (including phenoxy) is 1. The highest BCUT2D eigenvalue weighted by Crippen LogP contribution is 2.55. The lowest BCUT2D eigenvalue weighted by Gasteiger charge is -2.34. The van der Waals surface area contributed by atoms with E-state index in [2.05, 4.69) is 10.6 Å². The number of benzene rings is 2. The Kier molecular flexibility index (Phi) is 6.53. The molecule has 2 aromatic rings. The van der Waals surface area contributed by atoms with Gasteiger partial charge in [0.05, 0.1) is 17.9 Å². The summed E-state index contributed by atoms with van der Waals surface area (Å²) >= 11 is 0. The maximum atomic E-state index is 14.7. The smallest absolute Gasteiger partial charge is 0.246 e. The highest BCUT2D eigenvalue weighted by Gasteiger charge is 2.72. The van der Waals surface area contributed by atoms with Gasteiger partial charge in [-0.25, -0.2) is 4.39 Å². The first kappa shape index (κ1) is 25.7. The molecular weight excluding hydrogens is 497 g/mol. The third-order valence-corrected chi connectivity index (χ3v) is 8.66. The molecule has 3 aliphatic heterocycles. The molecule has 39 heavy (non-hydrogen) atoms. The van der Waals surface area contributed by atoms with Crippen molar-refractivity contribution >= 4 is 23.4 Å². The van der Waals surface area contributed by atoms with Crippen LogP contribution in [0.5, 0.6) is 0 Å². The van der Waals surface area contributed by atoms with Crippen LogP contribution in [0.25, 0.3) is 0 Å². The largest absolute Gasteiger partial charge is 0.359 e. The molecule has 0 radical (unpaired) electrons. The molecule has 1 saturated carbocycles. The second kappa shape index (κ2) is 9.90. The molecule has 8 heteroatoms. The Bertz CT molecular complexity index is 1330. The zero-order valence-electron chi connectivity index (χ0n) is 22.3. The molecule has 3 fully saturated rings. The van der Waals surface area contributed by atoms with Gasteiger partial charge in [0.25, 0.3) is 0 Å². The van der Waals surface area contributed by atoms with Gasteiger partial charge in [0.1, 0.15) is 17.5 Å². The van der Waals surface area contributed by atoms with E-state index < -0.39 is 35.4 Å². The Labute approximate surface area is 227 Å². The van der Waals surface area contributed by atoms with Crippen LogP contribution in [0.4, 0.5) is 10.1 Å². The number of nitrogens with one attached hydrogen (secondary N) is 2. The first-order valence-electron chi connectivity index (χ1n) is 13.9. The molecule has 2 N–H and O–H groups in total. The van der Waals surface area contributed by atoms with Crippen LogP contribution in [-0.2, 0) is 25.7 Å². The van der Waals surface area contributed by atoms with Crippen molar-refractivity contribution in [3.05, 3.63) is 77.1 Å². The van der Waals surface area contributed by atoms with Crippen molar-refractivity contribution < 1.29 is 23.5 Å². The van der Waals surface area contributed by atoms with Gasteiger partial charge in [0.2, 0.25) is 17.7 Å². The number of nitrogens with zero attached hydrogens (tertiary/aromatic N) is 1. The number of hydrogen-bond acceptors (Lipinski definition) is 4. The molecule has 4 aliphatic rings. The van der Waals surface area contributed by atoms with Crippen molar-refractivity contribution in [2.24, 2.45) is 11.8 Å². The quantitative estimate of drug-likeness (QED) is 0.548. The normalized spacial score (nSPS) is 29.5. The molecule has 2 aromatic carbocycles. The average molecular weight is 532 g/mol. The number of hydrogen-bond donors (Lipinski definition) is 2. The maximum Gasteiger partial charge on any atom is 0.246 e. The lowest BCUT2D eigenvalue weighted by molar-refractivity contribution is -0.142. The van der Waals surface area contributed by atoms with E-state index in [0.29, 0.717) is 11.3 Å². The molecule has 204 valence electrons. The topological polar surface area (TPSA) is 87.7 Å². The molecule has 6 rings (SSSR count). The molecule has 2 saturated heterocycles. The van der Waals surface area contributed by atoms with Crippen molar-refractivity contribution in [1.29, 1.82) is 0 Å². The minimum Gasteiger partial charge on any atom is -0.359 e. The predicted octanol–water partition coefficient (Wildman–Crippen LogP) is 4.18. The van der Waals surface area contributed by atoms with Crippen LogP contribution in [0.3, 0.4) is 0 Å². The monoisotopic (exact) mass is 531 g/mol. The highest BCUT2D eigenvalue weighted by molar-refractivity contribution is 6.02. The third kappa shape index (κ3) is 4.44. The zero-order chi connectivity index (χ0) is 27.3. The molecule has 0 aromatic heterocycles. The summed E-state index contributed by atoms with van der Waals surface area (Å²) in [6, 6.07) is 11.1. The molecule has 5 atom stereocenters. The van der Waals surface area contributed by atoms with Crippen LogP contribution in [-0.4, -0.2) is 46.4 Å². The summed E-state index contributed by atoms with van der Waals surface area (Å²) in [6.07, 6.45) is 7.96. The Morgan fingerprint density at radius 3 is 2.49 bits per heavy atom. The summed E-state index contributed by atoms with van der Waals surface area (Å²) in [4.78, 5) is 43.1. The number of carbonyl (C=O) groups is 3. The molecule has 2 bridgehead atoms. The molecule has 1 spiro atoms. The molecule has 1 aliphatic carbocycles. The van der Waals surface area contributed by atoms with E-state index in [1.54, 1.807) is 30.4 Å². The van der Waals surface area contributed by atoms with Gasteiger partial charge in [-0.05, 0) is 56.0 Å². The fraction of sp³-hybridized carbons (Fsp3) is 0.452. The number of aryl methyl sites for hydroxylation is 2. The summed E-state index contributed by atoms with van der Waals surface area (Å²) in [5.74, 6) is -3.14. The highest BCUT2D eigenvalue weighted by atomic mass is 19.1. The first-order chi connectivity index (χ1) is 18.8. The van der Waals surface area contributed by atoms with Crippen molar-refractivity contribution in [3.63, 3.8) is 0 Å². The van der Waals surface area contributed by atoms with Crippen LogP contribution in [0.2, 0.25) is 0 Å². The van der Waals surface area contributed by atoms with Gasteiger partial charge in [-0.15, -0.1) is 0 Å². The van der Waals surface area contributed by atoms with Gasteiger partial charge in [-0.3, -0.25) is 14.4 Å². The van der Waals surface area contributed by atoms with E-state index in [9.17, 15) is 18.8 Å². The van der Waals surface area contributed by atoms with Crippen molar-refractivity contribution in [2.45, 2.75) is 76.3 Å². The van der Waals surface area contributed by atoms with E-state index in [0.717, 1.165) is 43.2 Å². The second-order valence-corrected chi connectivity index (χ2v) is 11.5. The van der Waals surface area contributed by atoms with E-state index >= 15 is 0 Å². The van der Waals surface area contributed by atoms with E-state index in [1.807, 2.05) is 32.0 Å². The lowest BCUT2D eigenvalue weighted by atomic mass is 9.74. The van der Waals surface area contributed by atoms with Crippen LogP contribution < -0.4 is 10.6 Å². The lowest BCUT2D eigenvalue weighted by Crippen LogP contribution is -2.56. The first-order valence-corrected chi connectivity index (χ1v) is 13.9. The molecule has 3 heterocycles. The number of fused-ring (bicyclic) bond motifs is 1. The van der Waals surface area contributed by atoms with Gasteiger partial charge < -0.3 is 20.3 Å². The van der Waals surface area contributed by atoms with Crippen molar-refractivity contribution in [2.75, 3.05) is 5.32 Å². The number of anilines is 1. The SMILES string of the molecule is Cc1cc(C)cc(NC(=O)[C@@H]2[C@@H]3C=C[C@]4(O3)[C@@H]2C(=O)N(Cc2ccccc2F)[C@H]4C(=O)NC2CCCCC2)c1. The van der Waals surface area contributed by atoms with Crippen LogP contribution >= 0.6 is 0 Å². The Morgan fingerprint density at radius 2 is 1.77 bits per heavy atom. The summed E-state index contributed by atoms with van der Waals surface area (Å²) < 4.78 is 21.1. The average Bonchev–Trinajstić information content (AvgIpc) is 3.53. The third-order valence-electron chi connectivity index (χ3n) is 8.66. The Morgan fingerprint density at radius 1 is 1.05 bits per heavy atom. The fourth-order valence-corrected chi connectivity index (χ4v) is 7.05. The summed E-state index contributed by atoms with van der Waals surface area (Å²) in [7, 11) is 0. The molecule has 7 nitrogen and oxygen atoms in total. The van der Waals surface area contributed by atoms with Gasteiger partial charge in [-0.1, -0.05) is 55.7 Å². The van der Waals surface area contributed by atoms with Crippen LogP contribution in [0.1, 0.15) is 48.8 Å². The van der Waals surface area contributed by atoms with Crippen LogP contribution in [0.15, 0.2) is 54.6 Å². The van der Waals surface area contributed by atoms with Gasteiger partial charge in [0, 0.05) is 23.8 Å². The van der Waals surface area contributed by atoms with Crippen molar-refractivity contribution in [1.82, 2.24) is 10.2 Å². The summed E-state index contributed by atoms with van der Waals surface area (Å²) in [5.41, 5.74) is 1.71. The number of likely N-dealkylation sites (tertiary alicyclic amines) is 1. The fourth-order valence-electron chi connectivity index (χ4n) is 7.05. The molecule has 3 amide bonds. The Hall–Kier alpha value is -3.52. The van der Waals surface area contributed by atoms with Gasteiger partial charge >= 0.3 is 0 Å². The minimum absolute atomic E-state index is 0.0263. The van der Waals surface area contributed by atoms with Gasteiger partial charge in [0.15, 0.2) is 0 Å². The second-order valence-electron chi connectivity index (χ2n) is 11.5. The summed E-state index contributed by atoms with van der Waals surface area (Å²) in [6.45, 7) is 3.83. The maximum absolute atomic E-state index is 14.7. The van der Waals surface area contributed by atoms with E-state index in [1.165, 1.54) is 11.0 Å². The van der Waals surface area contributed by atoms with E-state index in [-0.39, 0.29) is 30.3 Å². The van der Waals surface area contributed by atoms with E-state index in [4.69, 9.17) is 4.74 Å². The summed E-state index contributed by atoms with van der Waals surface area (Å²) in [5, 5.41) is 6.14. The minimum atomic E-state index is -1.28.